The molecule has 0 bridgehead atoms. The van der Waals surface area contributed by atoms with Crippen molar-refractivity contribution in [2.45, 2.75) is 13.8 Å². The normalized spacial score (nSPS) is 7.29. The molecule has 0 spiro atoms. The number of hydrogen-bond donors (Lipinski definition) is 2. The lowest BCUT2D eigenvalue weighted by Gasteiger charge is -1.90. The fourth-order valence-corrected chi connectivity index (χ4v) is 0.514. The van der Waals surface area contributed by atoms with Crippen molar-refractivity contribution in [1.82, 2.24) is 10.6 Å². The molecule has 0 unspecified atom stereocenters. The van der Waals surface area contributed by atoms with Crippen LogP contribution < -0.4 is 10.6 Å². The molecule has 4 heteroatoms. The first-order valence-corrected chi connectivity index (χ1v) is 4.07. The van der Waals surface area contributed by atoms with Crippen molar-refractivity contribution >= 4 is 11.8 Å². The first kappa shape index (κ1) is 12.1. The van der Waals surface area contributed by atoms with E-state index in [-0.39, 0.29) is 11.8 Å². The van der Waals surface area contributed by atoms with E-state index >= 15 is 0 Å². The van der Waals surface area contributed by atoms with E-state index in [2.05, 4.69) is 34.3 Å². The minimum absolute atomic E-state index is 0.120. The highest BCUT2D eigenvalue weighted by atomic mass is 16.1. The van der Waals surface area contributed by atoms with Crippen molar-refractivity contribution in [2.24, 2.45) is 0 Å². The standard InChI is InChI=1S/C10H12N2O2/c1-9(13)11-7-5-3-4-6-8-12-10(2)14/h7-8H2,1-2H3,(H,11,13)(H,12,14). The summed E-state index contributed by atoms with van der Waals surface area (Å²) >= 11 is 0. The largest absolute Gasteiger partial charge is 0.345 e. The van der Waals surface area contributed by atoms with Gasteiger partial charge in [-0.3, -0.25) is 9.59 Å². The molecule has 2 N–H and O–H groups in total. The average Bonchev–Trinajstić information content (AvgIpc) is 2.08. The topological polar surface area (TPSA) is 58.2 Å². The van der Waals surface area contributed by atoms with E-state index in [1.165, 1.54) is 13.8 Å². The van der Waals surface area contributed by atoms with Crippen LogP contribution in [0.1, 0.15) is 13.8 Å². The fourth-order valence-electron chi connectivity index (χ4n) is 0.514. The summed E-state index contributed by atoms with van der Waals surface area (Å²) in [5, 5.41) is 5.01. The Bertz CT molecular complexity index is 292. The van der Waals surface area contributed by atoms with Gasteiger partial charge < -0.3 is 10.6 Å². The third-order valence-electron chi connectivity index (χ3n) is 1.09. The molecule has 0 fully saturated rings. The zero-order valence-corrected chi connectivity index (χ0v) is 8.23. The molecule has 0 aromatic heterocycles. The van der Waals surface area contributed by atoms with Crippen LogP contribution in [0.5, 0.6) is 0 Å². The number of carbonyl (C=O) groups excluding carboxylic acids is 2. The Morgan fingerprint density at radius 2 is 1.29 bits per heavy atom. The molecule has 0 saturated carbocycles. The van der Waals surface area contributed by atoms with E-state index in [0.29, 0.717) is 13.1 Å². The Kier molecular flexibility index (Phi) is 6.63. The summed E-state index contributed by atoms with van der Waals surface area (Å²) < 4.78 is 0. The van der Waals surface area contributed by atoms with Crippen molar-refractivity contribution in [3.8, 4) is 23.7 Å². The van der Waals surface area contributed by atoms with Crippen LogP contribution in [0.15, 0.2) is 0 Å². The van der Waals surface area contributed by atoms with Crippen LogP contribution in [0.3, 0.4) is 0 Å². The molecule has 4 nitrogen and oxygen atoms in total. The van der Waals surface area contributed by atoms with Crippen molar-refractivity contribution in [2.75, 3.05) is 13.1 Å². The lowest BCUT2D eigenvalue weighted by atomic mass is 10.5. The summed E-state index contributed by atoms with van der Waals surface area (Å²) in [4.78, 5) is 20.8. The van der Waals surface area contributed by atoms with Gasteiger partial charge in [-0.2, -0.15) is 0 Å². The summed E-state index contributed by atoms with van der Waals surface area (Å²) in [6.45, 7) is 3.43. The van der Waals surface area contributed by atoms with E-state index in [0.717, 1.165) is 0 Å². The number of nitrogens with one attached hydrogen (secondary N) is 2. The lowest BCUT2D eigenvalue weighted by Crippen LogP contribution is -2.19. The average molecular weight is 192 g/mol. The van der Waals surface area contributed by atoms with E-state index < -0.39 is 0 Å². The maximum absolute atomic E-state index is 10.4. The van der Waals surface area contributed by atoms with Gasteiger partial charge in [0.1, 0.15) is 0 Å². The Labute approximate surface area is 83.4 Å². The van der Waals surface area contributed by atoms with Gasteiger partial charge in [0, 0.05) is 13.8 Å². The zero-order chi connectivity index (χ0) is 10.8. The molecule has 0 saturated heterocycles. The maximum Gasteiger partial charge on any atom is 0.217 e. The predicted octanol–water partition coefficient (Wildman–Crippen LogP) is -0.735. The molecule has 0 aliphatic rings. The molecular formula is C10H12N2O2. The molecule has 0 aromatic carbocycles. The van der Waals surface area contributed by atoms with E-state index in [4.69, 9.17) is 0 Å². The van der Waals surface area contributed by atoms with Gasteiger partial charge in [0.25, 0.3) is 0 Å². The molecule has 2 amide bonds. The SMILES string of the molecule is CC(=O)NCC#CC#CCNC(C)=O. The number of carbonyl (C=O) groups is 2. The van der Waals surface area contributed by atoms with Crippen LogP contribution in [0, 0.1) is 23.7 Å². The molecule has 0 aromatic rings. The monoisotopic (exact) mass is 192 g/mol. The molecule has 0 aliphatic heterocycles. The Hall–Kier alpha value is -1.94. The third-order valence-corrected chi connectivity index (χ3v) is 1.09. The Morgan fingerprint density at radius 3 is 1.57 bits per heavy atom. The summed E-state index contributed by atoms with van der Waals surface area (Å²) in [7, 11) is 0. The second kappa shape index (κ2) is 7.70. The maximum atomic E-state index is 10.4. The van der Waals surface area contributed by atoms with Crippen LogP contribution in [0.2, 0.25) is 0 Å². The Balaban J connectivity index is 3.58. The van der Waals surface area contributed by atoms with Crippen molar-refractivity contribution in [3.63, 3.8) is 0 Å². The molecular weight excluding hydrogens is 180 g/mol. The predicted molar refractivity (Wildman–Crippen MR) is 52.9 cm³/mol. The third kappa shape index (κ3) is 10.1. The molecule has 0 radical (unpaired) electrons. The highest BCUT2D eigenvalue weighted by Gasteiger charge is 1.83. The number of rotatable bonds is 2. The molecule has 74 valence electrons. The Morgan fingerprint density at radius 1 is 0.929 bits per heavy atom. The molecule has 14 heavy (non-hydrogen) atoms. The molecule has 0 atom stereocenters. The van der Waals surface area contributed by atoms with Crippen LogP contribution in [-0.2, 0) is 9.59 Å². The van der Waals surface area contributed by atoms with Gasteiger partial charge in [-0.25, -0.2) is 0 Å². The van der Waals surface area contributed by atoms with Crippen LogP contribution in [0.25, 0.3) is 0 Å². The number of amides is 2. The van der Waals surface area contributed by atoms with Gasteiger partial charge in [0.2, 0.25) is 11.8 Å². The van der Waals surface area contributed by atoms with Crippen molar-refractivity contribution in [3.05, 3.63) is 0 Å². The smallest absolute Gasteiger partial charge is 0.217 e. The van der Waals surface area contributed by atoms with Gasteiger partial charge in [-0.05, 0) is 11.8 Å². The highest BCUT2D eigenvalue weighted by molar-refractivity contribution is 5.73. The summed E-state index contributed by atoms with van der Waals surface area (Å²) in [5.41, 5.74) is 0. The molecule has 0 heterocycles. The van der Waals surface area contributed by atoms with Crippen molar-refractivity contribution in [1.29, 1.82) is 0 Å². The summed E-state index contributed by atoms with van der Waals surface area (Å²) in [6, 6.07) is 0. The molecule has 0 aliphatic carbocycles. The van der Waals surface area contributed by atoms with Crippen molar-refractivity contribution < 1.29 is 9.59 Å². The van der Waals surface area contributed by atoms with E-state index in [9.17, 15) is 9.59 Å². The second-order valence-corrected chi connectivity index (χ2v) is 2.42. The summed E-state index contributed by atoms with van der Waals surface area (Å²) in [6.07, 6.45) is 0. The first-order valence-electron chi connectivity index (χ1n) is 4.07. The quantitative estimate of drug-likeness (QED) is 0.566. The summed E-state index contributed by atoms with van der Waals surface area (Å²) in [5.74, 6) is 10.1. The highest BCUT2D eigenvalue weighted by Crippen LogP contribution is 1.61. The zero-order valence-electron chi connectivity index (χ0n) is 8.23. The minimum Gasteiger partial charge on any atom is -0.345 e. The van der Waals surface area contributed by atoms with E-state index in [1.54, 1.807) is 0 Å². The van der Waals surface area contributed by atoms with Gasteiger partial charge >= 0.3 is 0 Å². The van der Waals surface area contributed by atoms with Crippen LogP contribution in [-0.4, -0.2) is 24.9 Å². The van der Waals surface area contributed by atoms with Gasteiger partial charge in [0.05, 0.1) is 13.1 Å². The van der Waals surface area contributed by atoms with Crippen LogP contribution >= 0.6 is 0 Å². The van der Waals surface area contributed by atoms with E-state index in [1.807, 2.05) is 0 Å². The molecule has 0 rings (SSSR count). The number of hydrogen-bond acceptors (Lipinski definition) is 2. The lowest BCUT2D eigenvalue weighted by molar-refractivity contribution is -0.119. The first-order chi connectivity index (χ1) is 6.63. The van der Waals surface area contributed by atoms with Gasteiger partial charge in [0.15, 0.2) is 0 Å². The van der Waals surface area contributed by atoms with Gasteiger partial charge in [-0.15, -0.1) is 0 Å². The van der Waals surface area contributed by atoms with Gasteiger partial charge in [-0.1, -0.05) is 11.8 Å². The van der Waals surface area contributed by atoms with Crippen LogP contribution in [0.4, 0.5) is 0 Å². The fraction of sp³-hybridized carbons (Fsp3) is 0.400. The minimum atomic E-state index is -0.120. The second-order valence-electron chi connectivity index (χ2n) is 2.42.